The molecule has 2 aromatic carbocycles. The highest BCUT2D eigenvalue weighted by atomic mass is 35.5. The van der Waals surface area contributed by atoms with Crippen LogP contribution in [0.4, 0.5) is 0 Å². The van der Waals surface area contributed by atoms with Gasteiger partial charge in [-0.2, -0.15) is 0 Å². The van der Waals surface area contributed by atoms with E-state index in [-0.39, 0.29) is 0 Å². The van der Waals surface area contributed by atoms with Crippen molar-refractivity contribution in [2.45, 2.75) is 6.92 Å². The highest BCUT2D eigenvalue weighted by molar-refractivity contribution is 6.30. The molecule has 0 heterocycles. The minimum atomic E-state index is 0.640. The van der Waals surface area contributed by atoms with Gasteiger partial charge in [-0.05, 0) is 53.9 Å². The summed E-state index contributed by atoms with van der Waals surface area (Å²) in [7, 11) is 1.61. The second-order valence-corrected chi connectivity index (χ2v) is 4.47. The van der Waals surface area contributed by atoms with Crippen LogP contribution in [-0.2, 0) is 0 Å². The molecule has 18 heavy (non-hydrogen) atoms. The van der Waals surface area contributed by atoms with E-state index in [2.05, 4.69) is 0 Å². The number of ether oxygens (including phenoxy) is 1. The van der Waals surface area contributed by atoms with E-state index < -0.39 is 0 Å². The summed E-state index contributed by atoms with van der Waals surface area (Å²) in [5.74, 6) is 0.727. The number of hydrogen-bond acceptors (Lipinski definition) is 2. The van der Waals surface area contributed by atoms with Crippen LogP contribution < -0.4 is 4.74 Å². The number of methoxy groups -OCH3 is 1. The van der Waals surface area contributed by atoms with Gasteiger partial charge in [-0.1, -0.05) is 17.7 Å². The number of aldehydes is 1. The molecule has 2 aromatic rings. The molecule has 92 valence electrons. The van der Waals surface area contributed by atoms with Crippen LogP contribution in [0.3, 0.4) is 0 Å². The molecular formula is C15H13ClO2. The summed E-state index contributed by atoms with van der Waals surface area (Å²) >= 11 is 5.94. The lowest BCUT2D eigenvalue weighted by Gasteiger charge is -2.10. The first-order valence-electron chi connectivity index (χ1n) is 5.55. The van der Waals surface area contributed by atoms with Gasteiger partial charge in [0.05, 0.1) is 7.11 Å². The Balaban J connectivity index is 2.64. The van der Waals surface area contributed by atoms with Crippen molar-refractivity contribution in [3.8, 4) is 16.9 Å². The minimum absolute atomic E-state index is 0.640. The molecule has 2 rings (SSSR count). The molecular weight excluding hydrogens is 248 g/mol. The molecule has 2 nitrogen and oxygen atoms in total. The zero-order valence-electron chi connectivity index (χ0n) is 10.2. The number of halogens is 1. The van der Waals surface area contributed by atoms with E-state index >= 15 is 0 Å². The Kier molecular flexibility index (Phi) is 3.68. The Bertz CT molecular complexity index is 591. The van der Waals surface area contributed by atoms with Crippen molar-refractivity contribution in [3.63, 3.8) is 0 Å². The minimum Gasteiger partial charge on any atom is -0.497 e. The number of rotatable bonds is 3. The molecule has 0 unspecified atom stereocenters. The van der Waals surface area contributed by atoms with E-state index in [0.717, 1.165) is 28.7 Å². The third-order valence-corrected chi connectivity index (χ3v) is 3.10. The van der Waals surface area contributed by atoms with E-state index in [4.69, 9.17) is 16.3 Å². The maximum Gasteiger partial charge on any atom is 0.150 e. The third kappa shape index (κ3) is 2.39. The van der Waals surface area contributed by atoms with Crippen molar-refractivity contribution in [1.82, 2.24) is 0 Å². The van der Waals surface area contributed by atoms with E-state index in [9.17, 15) is 4.79 Å². The largest absolute Gasteiger partial charge is 0.497 e. The summed E-state index contributed by atoms with van der Waals surface area (Å²) < 4.78 is 5.20. The fraction of sp³-hybridized carbons (Fsp3) is 0.133. The maximum absolute atomic E-state index is 11.1. The first-order valence-corrected chi connectivity index (χ1v) is 5.93. The highest BCUT2D eigenvalue weighted by Crippen LogP contribution is 2.31. The molecule has 0 aliphatic carbocycles. The standard InChI is InChI=1S/C15H13ClO2/c1-10-7-12(16)4-6-14(10)15-8-13(18-2)5-3-11(15)9-17/h3-9H,1-2H3. The lowest BCUT2D eigenvalue weighted by atomic mass is 9.96. The fourth-order valence-electron chi connectivity index (χ4n) is 1.93. The van der Waals surface area contributed by atoms with Crippen LogP contribution >= 0.6 is 11.6 Å². The second kappa shape index (κ2) is 5.23. The number of carbonyl (C=O) groups excluding carboxylic acids is 1. The van der Waals surface area contributed by atoms with E-state index in [1.54, 1.807) is 19.2 Å². The second-order valence-electron chi connectivity index (χ2n) is 4.03. The van der Waals surface area contributed by atoms with Gasteiger partial charge in [0, 0.05) is 10.6 Å². The topological polar surface area (TPSA) is 26.3 Å². The molecule has 0 saturated carbocycles. The molecule has 0 atom stereocenters. The van der Waals surface area contributed by atoms with E-state index in [1.165, 1.54) is 0 Å². The van der Waals surface area contributed by atoms with Gasteiger partial charge in [-0.25, -0.2) is 0 Å². The van der Waals surface area contributed by atoms with Crippen LogP contribution in [0.5, 0.6) is 5.75 Å². The van der Waals surface area contributed by atoms with Gasteiger partial charge in [0.25, 0.3) is 0 Å². The molecule has 0 aliphatic rings. The molecule has 0 bridgehead atoms. The Hall–Kier alpha value is -1.80. The zero-order valence-corrected chi connectivity index (χ0v) is 11.0. The average Bonchev–Trinajstić information content (AvgIpc) is 2.38. The Morgan fingerprint density at radius 3 is 2.50 bits per heavy atom. The monoisotopic (exact) mass is 260 g/mol. The third-order valence-electron chi connectivity index (χ3n) is 2.87. The molecule has 0 radical (unpaired) electrons. The molecule has 0 aromatic heterocycles. The van der Waals surface area contributed by atoms with Crippen molar-refractivity contribution in [2.24, 2.45) is 0 Å². The summed E-state index contributed by atoms with van der Waals surface area (Å²) in [5.41, 5.74) is 3.51. The summed E-state index contributed by atoms with van der Waals surface area (Å²) in [5, 5.41) is 0.687. The summed E-state index contributed by atoms with van der Waals surface area (Å²) in [6.45, 7) is 1.97. The Morgan fingerprint density at radius 1 is 1.11 bits per heavy atom. The van der Waals surface area contributed by atoms with Crippen LogP contribution in [-0.4, -0.2) is 13.4 Å². The van der Waals surface area contributed by atoms with Crippen LogP contribution in [0.2, 0.25) is 5.02 Å². The summed E-state index contributed by atoms with van der Waals surface area (Å²) in [6, 6.07) is 11.0. The Morgan fingerprint density at radius 2 is 1.89 bits per heavy atom. The first-order chi connectivity index (χ1) is 8.65. The van der Waals surface area contributed by atoms with Crippen LogP contribution in [0.25, 0.3) is 11.1 Å². The van der Waals surface area contributed by atoms with Crippen molar-refractivity contribution in [3.05, 3.63) is 52.5 Å². The predicted molar refractivity (Wildman–Crippen MR) is 73.6 cm³/mol. The van der Waals surface area contributed by atoms with Crippen LogP contribution in [0.15, 0.2) is 36.4 Å². The first kappa shape index (κ1) is 12.7. The van der Waals surface area contributed by atoms with Gasteiger partial charge >= 0.3 is 0 Å². The van der Waals surface area contributed by atoms with E-state index in [0.29, 0.717) is 10.6 Å². The fourth-order valence-corrected chi connectivity index (χ4v) is 2.15. The van der Waals surface area contributed by atoms with Crippen molar-refractivity contribution in [2.75, 3.05) is 7.11 Å². The van der Waals surface area contributed by atoms with Crippen molar-refractivity contribution in [1.29, 1.82) is 0 Å². The lowest BCUT2D eigenvalue weighted by molar-refractivity contribution is 0.112. The molecule has 0 saturated heterocycles. The molecule has 0 amide bonds. The predicted octanol–water partition coefficient (Wildman–Crippen LogP) is 4.14. The van der Waals surface area contributed by atoms with Crippen LogP contribution in [0.1, 0.15) is 15.9 Å². The molecule has 3 heteroatoms. The van der Waals surface area contributed by atoms with E-state index in [1.807, 2.05) is 31.2 Å². The summed E-state index contributed by atoms with van der Waals surface area (Å²) in [4.78, 5) is 11.1. The smallest absolute Gasteiger partial charge is 0.150 e. The molecule has 0 fully saturated rings. The number of hydrogen-bond donors (Lipinski definition) is 0. The quantitative estimate of drug-likeness (QED) is 0.776. The Labute approximate surface area is 111 Å². The van der Waals surface area contributed by atoms with Gasteiger partial charge < -0.3 is 4.74 Å². The number of benzene rings is 2. The number of aryl methyl sites for hydroxylation is 1. The van der Waals surface area contributed by atoms with Crippen LogP contribution in [0, 0.1) is 6.92 Å². The molecule has 0 aliphatic heterocycles. The van der Waals surface area contributed by atoms with Gasteiger partial charge in [0.2, 0.25) is 0 Å². The SMILES string of the molecule is COc1ccc(C=O)c(-c2ccc(Cl)cc2C)c1. The van der Waals surface area contributed by atoms with Crippen molar-refractivity contribution >= 4 is 17.9 Å². The van der Waals surface area contributed by atoms with Gasteiger partial charge in [0.1, 0.15) is 5.75 Å². The van der Waals surface area contributed by atoms with Crippen molar-refractivity contribution < 1.29 is 9.53 Å². The zero-order chi connectivity index (χ0) is 13.1. The summed E-state index contributed by atoms with van der Waals surface area (Å²) in [6.07, 6.45) is 0.850. The van der Waals surface area contributed by atoms with Gasteiger partial charge in [-0.3, -0.25) is 4.79 Å². The molecule has 0 spiro atoms. The molecule has 0 N–H and O–H groups in total. The normalized spacial score (nSPS) is 10.2. The average molecular weight is 261 g/mol. The number of carbonyl (C=O) groups is 1. The lowest BCUT2D eigenvalue weighted by Crippen LogP contribution is -1.92. The highest BCUT2D eigenvalue weighted by Gasteiger charge is 2.09. The maximum atomic E-state index is 11.1. The van der Waals surface area contributed by atoms with Gasteiger partial charge in [-0.15, -0.1) is 0 Å². The van der Waals surface area contributed by atoms with Gasteiger partial charge in [0.15, 0.2) is 6.29 Å².